The molecule has 1 aliphatic heterocycles. The van der Waals surface area contributed by atoms with Crippen LogP contribution in [0.2, 0.25) is 0 Å². The molecule has 0 radical (unpaired) electrons. The molecule has 2 N–H and O–H groups in total. The molecule has 1 amide bonds. The number of carbonyl (C=O) groups is 2. The van der Waals surface area contributed by atoms with Crippen LogP contribution in [0.3, 0.4) is 0 Å². The average molecular weight is 451 g/mol. The van der Waals surface area contributed by atoms with Gasteiger partial charge in [-0.25, -0.2) is 0 Å². The summed E-state index contributed by atoms with van der Waals surface area (Å²) in [7, 11) is 0. The molecule has 0 bridgehead atoms. The van der Waals surface area contributed by atoms with Crippen molar-refractivity contribution >= 4 is 33.3 Å². The molecule has 2 aliphatic rings. The molecule has 0 saturated heterocycles. The number of hydrogen-bond acceptors (Lipinski definition) is 3. The van der Waals surface area contributed by atoms with E-state index in [9.17, 15) is 9.59 Å². The number of aryl methyl sites for hydroxylation is 1. The molecule has 148 valence electrons. The number of allylic oxidation sites excluding steroid dienone is 3. The summed E-state index contributed by atoms with van der Waals surface area (Å²) in [4.78, 5) is 26.3. The third-order valence-corrected chi connectivity index (χ3v) is 6.15. The van der Waals surface area contributed by atoms with Crippen LogP contribution < -0.4 is 10.6 Å². The summed E-state index contributed by atoms with van der Waals surface area (Å²) in [6, 6.07) is 15.6. The number of rotatable bonds is 3. The second kappa shape index (κ2) is 7.99. The number of hydrogen-bond donors (Lipinski definition) is 2. The summed E-state index contributed by atoms with van der Waals surface area (Å²) in [6.07, 6.45) is 2.20. The van der Waals surface area contributed by atoms with Gasteiger partial charge in [-0.1, -0.05) is 46.3 Å². The van der Waals surface area contributed by atoms with Crippen molar-refractivity contribution in [2.75, 3.05) is 5.32 Å². The molecule has 29 heavy (non-hydrogen) atoms. The van der Waals surface area contributed by atoms with Gasteiger partial charge in [0.2, 0.25) is 0 Å². The Labute approximate surface area is 179 Å². The zero-order valence-corrected chi connectivity index (χ0v) is 18.1. The highest BCUT2D eigenvalue weighted by Crippen LogP contribution is 2.42. The second-order valence-corrected chi connectivity index (χ2v) is 8.50. The van der Waals surface area contributed by atoms with Gasteiger partial charge in [-0.05, 0) is 56.0 Å². The summed E-state index contributed by atoms with van der Waals surface area (Å²) < 4.78 is 0.964. The van der Waals surface area contributed by atoms with Crippen molar-refractivity contribution in [3.05, 3.63) is 86.7 Å². The van der Waals surface area contributed by atoms with E-state index in [1.165, 1.54) is 0 Å². The highest BCUT2D eigenvalue weighted by molar-refractivity contribution is 9.10. The number of para-hydroxylation sites is 1. The summed E-state index contributed by atoms with van der Waals surface area (Å²) in [5.74, 6) is -0.418. The maximum absolute atomic E-state index is 13.4. The molecule has 0 spiro atoms. The van der Waals surface area contributed by atoms with E-state index in [1.54, 1.807) is 0 Å². The minimum atomic E-state index is -0.365. The molecular formula is C24H23BrN2O2. The van der Waals surface area contributed by atoms with Crippen LogP contribution in [0.4, 0.5) is 5.69 Å². The van der Waals surface area contributed by atoms with Gasteiger partial charge in [-0.15, -0.1) is 0 Å². The molecular weight excluding hydrogens is 428 g/mol. The fraction of sp³-hybridized carbons (Fsp3) is 0.250. The first-order valence-corrected chi connectivity index (χ1v) is 10.6. The molecule has 4 rings (SSSR count). The predicted molar refractivity (Wildman–Crippen MR) is 118 cm³/mol. The zero-order valence-electron chi connectivity index (χ0n) is 16.5. The van der Waals surface area contributed by atoms with E-state index in [0.717, 1.165) is 51.1 Å². The topological polar surface area (TPSA) is 58.2 Å². The average Bonchev–Trinajstić information content (AvgIpc) is 2.69. The first-order valence-electron chi connectivity index (χ1n) is 9.82. The predicted octanol–water partition coefficient (Wildman–Crippen LogP) is 5.36. The fourth-order valence-corrected chi connectivity index (χ4v) is 4.44. The van der Waals surface area contributed by atoms with Crippen LogP contribution in [0.5, 0.6) is 0 Å². The molecule has 0 aromatic heterocycles. The van der Waals surface area contributed by atoms with E-state index >= 15 is 0 Å². The van der Waals surface area contributed by atoms with Crippen LogP contribution in [0.15, 0.2) is 75.5 Å². The van der Waals surface area contributed by atoms with Gasteiger partial charge in [-0.3, -0.25) is 9.59 Å². The van der Waals surface area contributed by atoms with Crippen molar-refractivity contribution in [3.8, 4) is 0 Å². The summed E-state index contributed by atoms with van der Waals surface area (Å²) >= 11 is 3.48. The van der Waals surface area contributed by atoms with Crippen molar-refractivity contribution < 1.29 is 9.59 Å². The lowest BCUT2D eigenvalue weighted by molar-refractivity contribution is -0.116. The molecule has 4 nitrogen and oxygen atoms in total. The minimum Gasteiger partial charge on any atom is -0.362 e. The number of nitrogens with one attached hydrogen (secondary N) is 2. The van der Waals surface area contributed by atoms with E-state index in [-0.39, 0.29) is 17.6 Å². The maximum atomic E-state index is 13.4. The molecule has 2 aromatic carbocycles. The number of Topliss-reactive ketones (excluding diaryl/α,β-unsaturated/α-hetero) is 1. The number of amides is 1. The maximum Gasteiger partial charge on any atom is 0.254 e. The number of ketones is 1. The monoisotopic (exact) mass is 450 g/mol. The highest BCUT2D eigenvalue weighted by Gasteiger charge is 2.38. The van der Waals surface area contributed by atoms with E-state index in [0.29, 0.717) is 12.0 Å². The third-order valence-electron chi connectivity index (χ3n) is 5.62. The van der Waals surface area contributed by atoms with E-state index < -0.39 is 0 Å². The largest absolute Gasteiger partial charge is 0.362 e. The fourth-order valence-electron chi connectivity index (χ4n) is 4.18. The lowest BCUT2D eigenvalue weighted by Crippen LogP contribution is -2.35. The molecule has 1 atom stereocenters. The van der Waals surface area contributed by atoms with Crippen molar-refractivity contribution in [2.45, 2.75) is 39.0 Å². The van der Waals surface area contributed by atoms with Crippen LogP contribution in [-0.4, -0.2) is 11.7 Å². The molecule has 1 unspecified atom stereocenters. The smallest absolute Gasteiger partial charge is 0.254 e. The quantitative estimate of drug-likeness (QED) is 0.660. The van der Waals surface area contributed by atoms with Gasteiger partial charge in [0.05, 0.1) is 0 Å². The SMILES string of the molecule is CC1=C(C(=O)Nc2ccccc2C)C(c2ccc(Br)cc2)C2=C(CCCC2=O)N1. The van der Waals surface area contributed by atoms with Gasteiger partial charge in [0.1, 0.15) is 0 Å². The van der Waals surface area contributed by atoms with Crippen LogP contribution in [0.25, 0.3) is 0 Å². The molecule has 0 saturated carbocycles. The Morgan fingerprint density at radius 2 is 1.79 bits per heavy atom. The molecule has 1 heterocycles. The van der Waals surface area contributed by atoms with Crippen LogP contribution in [-0.2, 0) is 9.59 Å². The van der Waals surface area contributed by atoms with Gasteiger partial charge in [-0.2, -0.15) is 0 Å². The lowest BCUT2D eigenvalue weighted by Gasteiger charge is -2.34. The molecule has 2 aromatic rings. The molecule has 1 aliphatic carbocycles. The molecule has 0 fully saturated rings. The van der Waals surface area contributed by atoms with Crippen LogP contribution in [0, 0.1) is 6.92 Å². The van der Waals surface area contributed by atoms with E-state index in [1.807, 2.05) is 62.4 Å². The van der Waals surface area contributed by atoms with Crippen molar-refractivity contribution in [3.63, 3.8) is 0 Å². The Morgan fingerprint density at radius 3 is 2.52 bits per heavy atom. The van der Waals surface area contributed by atoms with Gasteiger partial charge in [0.25, 0.3) is 5.91 Å². The van der Waals surface area contributed by atoms with Gasteiger partial charge in [0, 0.05) is 45.0 Å². The zero-order chi connectivity index (χ0) is 20.5. The van der Waals surface area contributed by atoms with Gasteiger partial charge >= 0.3 is 0 Å². The summed E-state index contributed by atoms with van der Waals surface area (Å²) in [5.41, 5.74) is 5.82. The minimum absolute atomic E-state index is 0.125. The Balaban J connectivity index is 1.79. The standard InChI is InChI=1S/C24H23BrN2O2/c1-14-6-3-4-7-18(14)27-24(29)21-15(2)26-19-8-5-9-20(28)23(19)22(21)16-10-12-17(25)13-11-16/h3-4,6-7,10-13,22,26H,5,8-9H2,1-2H3,(H,27,29). The number of carbonyl (C=O) groups excluding carboxylic acids is 2. The Hall–Kier alpha value is -2.66. The Morgan fingerprint density at radius 1 is 1.07 bits per heavy atom. The van der Waals surface area contributed by atoms with Crippen LogP contribution >= 0.6 is 15.9 Å². The summed E-state index contributed by atoms with van der Waals surface area (Å²) in [5, 5.41) is 6.41. The van der Waals surface area contributed by atoms with E-state index in [4.69, 9.17) is 0 Å². The number of anilines is 1. The second-order valence-electron chi connectivity index (χ2n) is 7.59. The van der Waals surface area contributed by atoms with Crippen molar-refractivity contribution in [1.82, 2.24) is 5.32 Å². The first kappa shape index (κ1) is 19.6. The van der Waals surface area contributed by atoms with Crippen molar-refractivity contribution in [1.29, 1.82) is 0 Å². The summed E-state index contributed by atoms with van der Waals surface area (Å²) in [6.45, 7) is 3.88. The van der Waals surface area contributed by atoms with Crippen LogP contribution in [0.1, 0.15) is 43.2 Å². The molecule has 5 heteroatoms. The third kappa shape index (κ3) is 3.79. The number of halogens is 1. The number of dihydropyridines is 1. The van der Waals surface area contributed by atoms with E-state index in [2.05, 4.69) is 26.6 Å². The Kier molecular flexibility index (Phi) is 5.41. The van der Waals surface area contributed by atoms with Gasteiger partial charge < -0.3 is 10.6 Å². The van der Waals surface area contributed by atoms with Gasteiger partial charge in [0.15, 0.2) is 5.78 Å². The normalized spacial score (nSPS) is 19.0. The van der Waals surface area contributed by atoms with Crippen molar-refractivity contribution in [2.24, 2.45) is 0 Å². The first-order chi connectivity index (χ1) is 14.0. The number of benzene rings is 2. The highest BCUT2D eigenvalue weighted by atomic mass is 79.9. The Bertz CT molecular complexity index is 1050. The lowest BCUT2D eigenvalue weighted by atomic mass is 9.75.